The first-order valence-electron chi connectivity index (χ1n) is 7.62. The van der Waals surface area contributed by atoms with E-state index in [4.69, 9.17) is 23.2 Å². The number of esters is 1. The molecule has 0 fully saturated rings. The summed E-state index contributed by atoms with van der Waals surface area (Å²) in [5, 5.41) is 6.93. The van der Waals surface area contributed by atoms with Gasteiger partial charge in [0.2, 0.25) is 5.95 Å². The average molecular weight is 396 g/mol. The number of H-pyrrole nitrogens is 1. The summed E-state index contributed by atoms with van der Waals surface area (Å²) in [6, 6.07) is 5.17. The molecule has 2 aromatic heterocycles. The zero-order valence-electron chi connectivity index (χ0n) is 14.0. The molecule has 8 nitrogen and oxygen atoms in total. The summed E-state index contributed by atoms with van der Waals surface area (Å²) in [6.07, 6.45) is -0.154. The minimum absolute atomic E-state index is 0.154. The Bertz CT molecular complexity index is 1040. The van der Waals surface area contributed by atoms with Gasteiger partial charge in [-0.3, -0.25) is 14.7 Å². The number of benzene rings is 1. The lowest BCUT2D eigenvalue weighted by atomic mass is 10.2. The van der Waals surface area contributed by atoms with Crippen molar-refractivity contribution < 1.29 is 9.53 Å². The van der Waals surface area contributed by atoms with Crippen molar-refractivity contribution in [3.8, 4) is 0 Å². The summed E-state index contributed by atoms with van der Waals surface area (Å²) in [5.74, 6) is 0.0308. The van der Waals surface area contributed by atoms with Crippen LogP contribution in [0.15, 0.2) is 23.0 Å². The van der Waals surface area contributed by atoms with Crippen LogP contribution in [0, 0.1) is 6.92 Å². The number of hydrogen-bond acceptors (Lipinski definition) is 6. The van der Waals surface area contributed by atoms with E-state index in [1.807, 2.05) is 0 Å². The molecule has 0 unspecified atom stereocenters. The molecule has 0 saturated heterocycles. The van der Waals surface area contributed by atoms with Crippen LogP contribution in [0.1, 0.15) is 16.8 Å². The van der Waals surface area contributed by atoms with E-state index in [2.05, 4.69) is 25.1 Å². The Labute approximate surface area is 158 Å². The van der Waals surface area contributed by atoms with Crippen LogP contribution in [0.2, 0.25) is 10.0 Å². The Balaban J connectivity index is 1.88. The molecule has 0 radical (unpaired) electrons. The summed E-state index contributed by atoms with van der Waals surface area (Å²) in [6.45, 7) is 2.02. The van der Waals surface area contributed by atoms with Gasteiger partial charge in [-0.05, 0) is 24.6 Å². The lowest BCUT2D eigenvalue weighted by Gasteiger charge is -2.05. The standard InChI is InChI=1S/C16H15Cl2N5O3/c1-8-11(6-13(24)26-2)14(25)23-16(20-8)21-15(22-23)19-7-9-3-4-10(17)5-12(9)18/h3-5H,6-7H2,1-2H3,(H2,19,20,21,22). The van der Waals surface area contributed by atoms with Crippen LogP contribution in [-0.2, 0) is 22.5 Å². The predicted molar refractivity (Wildman–Crippen MR) is 97.9 cm³/mol. The number of ether oxygens (including phenoxy) is 1. The molecule has 0 spiro atoms. The second-order valence-electron chi connectivity index (χ2n) is 5.53. The zero-order valence-corrected chi connectivity index (χ0v) is 15.5. The molecule has 2 heterocycles. The number of nitrogens with zero attached hydrogens (tertiary/aromatic N) is 3. The average Bonchev–Trinajstić information content (AvgIpc) is 3.00. The van der Waals surface area contributed by atoms with Crippen LogP contribution >= 0.6 is 23.2 Å². The monoisotopic (exact) mass is 395 g/mol. The molecule has 136 valence electrons. The number of methoxy groups -OCH3 is 1. The van der Waals surface area contributed by atoms with Gasteiger partial charge in [-0.15, -0.1) is 0 Å². The van der Waals surface area contributed by atoms with Crippen molar-refractivity contribution in [2.75, 3.05) is 12.4 Å². The van der Waals surface area contributed by atoms with Crippen LogP contribution in [-0.4, -0.2) is 32.7 Å². The van der Waals surface area contributed by atoms with Crippen molar-refractivity contribution >= 4 is 40.9 Å². The van der Waals surface area contributed by atoms with E-state index >= 15 is 0 Å². The topological polar surface area (TPSA) is 101 Å². The molecule has 0 amide bonds. The number of carbonyl (C=O) groups excluding carboxylic acids is 1. The SMILES string of the molecule is COC(=O)Cc1c(C)nc2nc(NCc3ccc(Cl)cc3Cl)[nH]n2c1=O. The summed E-state index contributed by atoms with van der Waals surface area (Å²) in [7, 11) is 1.27. The highest BCUT2D eigenvalue weighted by molar-refractivity contribution is 6.35. The number of fused-ring (bicyclic) bond motifs is 1. The summed E-state index contributed by atoms with van der Waals surface area (Å²) < 4.78 is 5.79. The maximum absolute atomic E-state index is 12.6. The molecule has 0 aliphatic rings. The van der Waals surface area contributed by atoms with Gasteiger partial charge in [0.15, 0.2) is 0 Å². The number of hydrogen-bond donors (Lipinski definition) is 2. The molecular weight excluding hydrogens is 381 g/mol. The number of aryl methyl sites for hydroxylation is 1. The molecule has 3 rings (SSSR count). The number of aromatic amines is 1. The van der Waals surface area contributed by atoms with Gasteiger partial charge in [0, 0.05) is 16.6 Å². The van der Waals surface area contributed by atoms with E-state index in [1.54, 1.807) is 25.1 Å². The Morgan fingerprint density at radius 3 is 2.81 bits per heavy atom. The van der Waals surface area contributed by atoms with Crippen LogP contribution in [0.4, 0.5) is 5.95 Å². The van der Waals surface area contributed by atoms with Crippen LogP contribution < -0.4 is 10.9 Å². The third-order valence-corrected chi connectivity index (χ3v) is 4.39. The minimum Gasteiger partial charge on any atom is -0.469 e. The van der Waals surface area contributed by atoms with Gasteiger partial charge in [-0.1, -0.05) is 29.3 Å². The molecule has 0 saturated carbocycles. The molecule has 0 atom stereocenters. The summed E-state index contributed by atoms with van der Waals surface area (Å²) >= 11 is 12.0. The van der Waals surface area contributed by atoms with Crippen molar-refractivity contribution in [3.05, 3.63) is 55.4 Å². The van der Waals surface area contributed by atoms with E-state index in [-0.39, 0.29) is 17.8 Å². The second-order valence-corrected chi connectivity index (χ2v) is 6.37. The fourth-order valence-corrected chi connectivity index (χ4v) is 2.87. The first-order valence-corrected chi connectivity index (χ1v) is 8.37. The number of halogens is 2. The molecule has 2 N–H and O–H groups in total. The number of rotatable bonds is 5. The first kappa shape index (κ1) is 18.2. The largest absolute Gasteiger partial charge is 0.469 e. The Hall–Kier alpha value is -2.58. The van der Waals surface area contributed by atoms with Crippen LogP contribution in [0.25, 0.3) is 5.78 Å². The Morgan fingerprint density at radius 2 is 2.12 bits per heavy atom. The van der Waals surface area contributed by atoms with Gasteiger partial charge < -0.3 is 10.1 Å². The molecule has 1 aromatic carbocycles. The number of nitrogens with one attached hydrogen (secondary N) is 2. The highest BCUT2D eigenvalue weighted by Gasteiger charge is 2.16. The third kappa shape index (κ3) is 3.66. The quantitative estimate of drug-likeness (QED) is 0.642. The summed E-state index contributed by atoms with van der Waals surface area (Å²) in [5.41, 5.74) is 1.10. The van der Waals surface area contributed by atoms with Crippen LogP contribution in [0.3, 0.4) is 0 Å². The van der Waals surface area contributed by atoms with E-state index in [0.717, 1.165) is 5.56 Å². The third-order valence-electron chi connectivity index (χ3n) is 3.81. The maximum atomic E-state index is 12.6. The number of anilines is 1. The van der Waals surface area contributed by atoms with Crippen molar-refractivity contribution in [3.63, 3.8) is 0 Å². The number of carbonyl (C=O) groups is 1. The lowest BCUT2D eigenvalue weighted by Crippen LogP contribution is -2.24. The van der Waals surface area contributed by atoms with Gasteiger partial charge in [0.05, 0.1) is 24.8 Å². The van der Waals surface area contributed by atoms with Crippen molar-refractivity contribution in [2.45, 2.75) is 19.9 Å². The van der Waals surface area contributed by atoms with Crippen LogP contribution in [0.5, 0.6) is 0 Å². The molecule has 0 aliphatic carbocycles. The Kier molecular flexibility index (Phi) is 5.15. The molecule has 0 aliphatic heterocycles. The van der Waals surface area contributed by atoms with Crippen molar-refractivity contribution in [1.82, 2.24) is 19.6 Å². The van der Waals surface area contributed by atoms with Gasteiger partial charge >= 0.3 is 5.97 Å². The number of aromatic nitrogens is 4. The molecule has 3 aromatic rings. The molecule has 0 bridgehead atoms. The normalized spacial score (nSPS) is 10.9. The zero-order chi connectivity index (χ0) is 18.8. The van der Waals surface area contributed by atoms with E-state index in [1.165, 1.54) is 11.6 Å². The van der Waals surface area contributed by atoms with Gasteiger partial charge in [0.1, 0.15) is 0 Å². The maximum Gasteiger partial charge on any atom is 0.310 e. The Morgan fingerprint density at radius 1 is 1.35 bits per heavy atom. The predicted octanol–water partition coefficient (Wildman–Crippen LogP) is 2.36. The smallest absolute Gasteiger partial charge is 0.310 e. The van der Waals surface area contributed by atoms with Gasteiger partial charge in [0.25, 0.3) is 11.3 Å². The summed E-state index contributed by atoms with van der Waals surface area (Å²) in [4.78, 5) is 32.5. The lowest BCUT2D eigenvalue weighted by molar-refractivity contribution is -0.139. The highest BCUT2D eigenvalue weighted by atomic mass is 35.5. The van der Waals surface area contributed by atoms with E-state index < -0.39 is 11.5 Å². The van der Waals surface area contributed by atoms with E-state index in [9.17, 15) is 9.59 Å². The highest BCUT2D eigenvalue weighted by Crippen LogP contribution is 2.21. The second kappa shape index (κ2) is 7.35. The van der Waals surface area contributed by atoms with Gasteiger partial charge in [-0.2, -0.15) is 9.50 Å². The molecule has 26 heavy (non-hydrogen) atoms. The van der Waals surface area contributed by atoms with Crippen molar-refractivity contribution in [1.29, 1.82) is 0 Å². The van der Waals surface area contributed by atoms with Gasteiger partial charge in [-0.25, -0.2) is 4.98 Å². The first-order chi connectivity index (χ1) is 12.4. The molecule has 10 heteroatoms. The van der Waals surface area contributed by atoms with E-state index in [0.29, 0.717) is 28.2 Å². The minimum atomic E-state index is -0.512. The fraction of sp³-hybridized carbons (Fsp3) is 0.250. The van der Waals surface area contributed by atoms with Crippen molar-refractivity contribution in [2.24, 2.45) is 0 Å². The fourth-order valence-electron chi connectivity index (χ4n) is 2.40. The molecular formula is C16H15Cl2N5O3.